The predicted molar refractivity (Wildman–Crippen MR) is 176 cm³/mol. The first kappa shape index (κ1) is 32.6. The lowest BCUT2D eigenvalue weighted by Crippen LogP contribution is -2.43. The van der Waals surface area contributed by atoms with Crippen LogP contribution in [0.15, 0.2) is 66.7 Å². The number of carbonyl (C=O) groups is 2. The Kier molecular flexibility index (Phi) is 9.28. The van der Waals surface area contributed by atoms with Crippen molar-refractivity contribution >= 4 is 22.6 Å². The van der Waals surface area contributed by atoms with Crippen molar-refractivity contribution in [2.45, 2.75) is 69.9 Å². The van der Waals surface area contributed by atoms with Gasteiger partial charge in [0.25, 0.3) is 5.91 Å². The number of likely N-dealkylation sites (tertiary alicyclic amines) is 1. The zero-order valence-electron chi connectivity index (χ0n) is 26.6. The molecule has 1 aliphatic heterocycles. The maximum atomic E-state index is 15.2. The van der Waals surface area contributed by atoms with E-state index in [1.165, 1.54) is 32.3 Å². The Hall–Kier alpha value is -4.37. The summed E-state index contributed by atoms with van der Waals surface area (Å²) in [7, 11) is 1.66. The van der Waals surface area contributed by atoms with Crippen molar-refractivity contribution in [2.24, 2.45) is 0 Å². The van der Waals surface area contributed by atoms with Crippen molar-refractivity contribution in [1.29, 1.82) is 0 Å². The van der Waals surface area contributed by atoms with Gasteiger partial charge < -0.3 is 15.2 Å². The minimum absolute atomic E-state index is 0.0374. The normalized spacial score (nSPS) is 17.2. The molecule has 1 heterocycles. The SMILES string of the molecule is COc1cccc(CN2CCCCC2)c1-c1cccc2c(C[C@H](NC(=O)c3c(C)cc(C4CC(F)(F)C4)cc3F)C(=O)O)cccc12. The van der Waals surface area contributed by atoms with Crippen LogP contribution in [0.3, 0.4) is 0 Å². The van der Waals surface area contributed by atoms with Crippen molar-refractivity contribution in [3.63, 3.8) is 0 Å². The van der Waals surface area contributed by atoms with E-state index in [4.69, 9.17) is 4.74 Å². The fourth-order valence-electron chi connectivity index (χ4n) is 7.15. The number of nitrogens with zero attached hydrogens (tertiary/aromatic N) is 1. The molecule has 2 N–H and O–H groups in total. The van der Waals surface area contributed by atoms with Crippen LogP contribution < -0.4 is 10.1 Å². The molecule has 47 heavy (non-hydrogen) atoms. The number of aliphatic carboxylic acids is 1. The molecule has 1 saturated heterocycles. The molecule has 0 aromatic heterocycles. The molecule has 1 aliphatic carbocycles. The van der Waals surface area contributed by atoms with Gasteiger partial charge in [0.05, 0.1) is 12.7 Å². The maximum absolute atomic E-state index is 15.2. The summed E-state index contributed by atoms with van der Waals surface area (Å²) in [6.45, 7) is 4.41. The van der Waals surface area contributed by atoms with E-state index in [1.54, 1.807) is 7.11 Å². The first-order chi connectivity index (χ1) is 22.5. The van der Waals surface area contributed by atoms with E-state index in [-0.39, 0.29) is 30.4 Å². The number of carbonyl (C=O) groups excluding carboxylic acids is 1. The summed E-state index contributed by atoms with van der Waals surface area (Å²) in [6, 6.07) is 19.0. The minimum Gasteiger partial charge on any atom is -0.496 e. The van der Waals surface area contributed by atoms with Gasteiger partial charge >= 0.3 is 5.97 Å². The van der Waals surface area contributed by atoms with Crippen molar-refractivity contribution < 1.29 is 32.6 Å². The average Bonchev–Trinajstić information content (AvgIpc) is 3.03. The predicted octanol–water partition coefficient (Wildman–Crippen LogP) is 7.89. The topological polar surface area (TPSA) is 78.9 Å². The molecule has 4 aromatic rings. The Morgan fingerprint density at radius 3 is 2.34 bits per heavy atom. The summed E-state index contributed by atoms with van der Waals surface area (Å²) < 4.78 is 47.9. The molecule has 0 radical (unpaired) electrons. The second kappa shape index (κ2) is 13.4. The largest absolute Gasteiger partial charge is 0.496 e. The fourth-order valence-corrected chi connectivity index (χ4v) is 7.15. The van der Waals surface area contributed by atoms with Gasteiger partial charge in [-0.05, 0) is 89.5 Å². The van der Waals surface area contributed by atoms with Crippen LogP contribution >= 0.6 is 0 Å². The Morgan fingerprint density at radius 2 is 1.66 bits per heavy atom. The smallest absolute Gasteiger partial charge is 0.326 e. The number of carboxylic acids is 1. The lowest BCUT2D eigenvalue weighted by Gasteiger charge is -2.35. The second-order valence-corrected chi connectivity index (χ2v) is 12.9. The van der Waals surface area contributed by atoms with Crippen LogP contribution in [-0.2, 0) is 17.8 Å². The Balaban J connectivity index is 1.29. The van der Waals surface area contributed by atoms with Gasteiger partial charge in [-0.25, -0.2) is 18.0 Å². The van der Waals surface area contributed by atoms with Gasteiger partial charge in [0.1, 0.15) is 17.6 Å². The van der Waals surface area contributed by atoms with Crippen LogP contribution in [0.4, 0.5) is 13.2 Å². The summed E-state index contributed by atoms with van der Waals surface area (Å²) in [5.41, 5.74) is 4.21. The molecule has 1 amide bonds. The molecule has 2 fully saturated rings. The maximum Gasteiger partial charge on any atom is 0.326 e. The monoisotopic (exact) mass is 644 g/mol. The number of benzene rings is 4. The number of hydrogen-bond donors (Lipinski definition) is 2. The molecule has 246 valence electrons. The number of fused-ring (bicyclic) bond motifs is 1. The molecule has 1 atom stereocenters. The zero-order chi connectivity index (χ0) is 33.3. The van der Waals surface area contributed by atoms with Crippen LogP contribution in [0, 0.1) is 12.7 Å². The molecule has 0 bridgehead atoms. The summed E-state index contributed by atoms with van der Waals surface area (Å²) >= 11 is 0. The molecule has 2 aliphatic rings. The first-order valence-corrected chi connectivity index (χ1v) is 16.2. The Bertz CT molecular complexity index is 1790. The van der Waals surface area contributed by atoms with Gasteiger partial charge in [-0.15, -0.1) is 0 Å². The van der Waals surface area contributed by atoms with E-state index < -0.39 is 35.6 Å². The lowest BCUT2D eigenvalue weighted by molar-refractivity contribution is -0.139. The third-order valence-corrected chi connectivity index (χ3v) is 9.58. The lowest BCUT2D eigenvalue weighted by atomic mass is 9.76. The summed E-state index contributed by atoms with van der Waals surface area (Å²) in [5, 5.41) is 14.4. The molecule has 0 spiro atoms. The number of ether oxygens (including phenoxy) is 1. The first-order valence-electron chi connectivity index (χ1n) is 16.2. The van der Waals surface area contributed by atoms with E-state index in [1.807, 2.05) is 48.5 Å². The number of amides is 1. The molecule has 6 nitrogen and oxygen atoms in total. The van der Waals surface area contributed by atoms with Crippen molar-refractivity contribution in [3.8, 4) is 16.9 Å². The van der Waals surface area contributed by atoms with Gasteiger partial charge in [-0.3, -0.25) is 9.69 Å². The summed E-state index contributed by atoms with van der Waals surface area (Å²) in [4.78, 5) is 28.2. The summed E-state index contributed by atoms with van der Waals surface area (Å²) in [6.07, 6.45) is 2.85. The van der Waals surface area contributed by atoms with Crippen molar-refractivity contribution in [1.82, 2.24) is 10.2 Å². The van der Waals surface area contributed by atoms with Gasteiger partial charge in [-0.1, -0.05) is 61.0 Å². The molecule has 1 saturated carbocycles. The van der Waals surface area contributed by atoms with Gasteiger partial charge in [0, 0.05) is 31.4 Å². The number of hydrogen-bond acceptors (Lipinski definition) is 4. The van der Waals surface area contributed by atoms with Gasteiger partial charge in [0.2, 0.25) is 5.92 Å². The average molecular weight is 645 g/mol. The summed E-state index contributed by atoms with van der Waals surface area (Å²) in [5.74, 6) is -5.46. The fraction of sp³-hybridized carbons (Fsp3) is 0.368. The molecule has 6 rings (SSSR count). The highest BCUT2D eigenvalue weighted by molar-refractivity contribution is 6.01. The standard InChI is InChI=1S/C38H39F3N2O4/c1-23-17-26(27-20-38(40,41)21-27)18-31(39)34(23)36(44)42-32(37(45)46)19-24-9-6-12-29-28(24)11-8-13-30(29)35-25(10-7-14-33(35)47-2)22-43-15-4-3-5-16-43/h6-14,17-18,27,32H,3-5,15-16,19-22H2,1-2H3,(H,42,44)(H,45,46)/t32-/m0/s1. The number of halogens is 3. The Morgan fingerprint density at radius 1 is 0.979 bits per heavy atom. The van der Waals surface area contributed by atoms with Gasteiger partial charge in [0.15, 0.2) is 0 Å². The second-order valence-electron chi connectivity index (χ2n) is 12.9. The number of aryl methyl sites for hydroxylation is 1. The van der Waals surface area contributed by atoms with E-state index in [0.717, 1.165) is 58.9 Å². The third kappa shape index (κ3) is 6.86. The molecular weight excluding hydrogens is 605 g/mol. The van der Waals surface area contributed by atoms with E-state index in [9.17, 15) is 23.5 Å². The van der Waals surface area contributed by atoms with Crippen LogP contribution in [0.2, 0.25) is 0 Å². The zero-order valence-corrected chi connectivity index (χ0v) is 26.6. The van der Waals surface area contributed by atoms with Crippen LogP contribution in [0.5, 0.6) is 5.75 Å². The van der Waals surface area contributed by atoms with Gasteiger partial charge in [-0.2, -0.15) is 0 Å². The minimum atomic E-state index is -2.76. The molecular formula is C38H39F3N2O4. The van der Waals surface area contributed by atoms with Crippen LogP contribution in [0.1, 0.15) is 70.6 Å². The van der Waals surface area contributed by atoms with Crippen LogP contribution in [0.25, 0.3) is 21.9 Å². The Labute approximate surface area is 272 Å². The van der Waals surface area contributed by atoms with E-state index in [2.05, 4.69) is 16.3 Å². The van der Waals surface area contributed by atoms with E-state index >= 15 is 4.39 Å². The van der Waals surface area contributed by atoms with E-state index in [0.29, 0.717) is 11.1 Å². The third-order valence-electron chi connectivity index (χ3n) is 9.58. The number of methoxy groups -OCH3 is 1. The number of nitrogens with one attached hydrogen (secondary N) is 1. The number of piperidine rings is 1. The highest BCUT2D eigenvalue weighted by Crippen LogP contribution is 2.48. The highest BCUT2D eigenvalue weighted by Gasteiger charge is 2.46. The van der Waals surface area contributed by atoms with Crippen molar-refractivity contribution in [2.75, 3.05) is 20.2 Å². The number of alkyl halides is 2. The number of carboxylic acid groups (broad SMARTS) is 1. The quantitative estimate of drug-likeness (QED) is 0.184. The highest BCUT2D eigenvalue weighted by atomic mass is 19.3. The molecule has 0 unspecified atom stereocenters. The van der Waals surface area contributed by atoms with Crippen molar-refractivity contribution in [3.05, 3.63) is 100 Å². The molecule has 4 aromatic carbocycles. The molecule has 9 heteroatoms. The number of rotatable bonds is 10. The van der Waals surface area contributed by atoms with Crippen LogP contribution in [-0.4, -0.2) is 54.0 Å².